The van der Waals surface area contributed by atoms with Crippen LogP contribution in [0, 0.1) is 5.82 Å². The first kappa shape index (κ1) is 14.2. The lowest BCUT2D eigenvalue weighted by Crippen LogP contribution is -2.47. The van der Waals surface area contributed by atoms with Crippen molar-refractivity contribution in [1.82, 2.24) is 10.2 Å². The van der Waals surface area contributed by atoms with Crippen LogP contribution >= 0.6 is 0 Å². The predicted octanol–water partition coefficient (Wildman–Crippen LogP) is 0.855. The van der Waals surface area contributed by atoms with Crippen LogP contribution in [0.1, 0.15) is 11.1 Å². The summed E-state index contributed by atoms with van der Waals surface area (Å²) in [4.78, 5) is 23.8. The second-order valence-corrected chi connectivity index (χ2v) is 4.58. The van der Waals surface area contributed by atoms with Crippen molar-refractivity contribution in [3.8, 4) is 0 Å². The molecular formula is C14H15FN2O3. The van der Waals surface area contributed by atoms with Gasteiger partial charge in [-0.2, -0.15) is 0 Å². The van der Waals surface area contributed by atoms with Gasteiger partial charge in [-0.15, -0.1) is 0 Å². The highest BCUT2D eigenvalue weighted by Crippen LogP contribution is 2.16. The van der Waals surface area contributed by atoms with Gasteiger partial charge in [0.1, 0.15) is 5.82 Å². The number of nitrogens with one attached hydrogen (secondary N) is 1. The van der Waals surface area contributed by atoms with Crippen molar-refractivity contribution in [1.29, 1.82) is 0 Å². The van der Waals surface area contributed by atoms with E-state index in [0.29, 0.717) is 31.7 Å². The number of benzene rings is 1. The van der Waals surface area contributed by atoms with Gasteiger partial charge in [-0.1, -0.05) is 6.07 Å². The van der Waals surface area contributed by atoms with Gasteiger partial charge in [0, 0.05) is 25.7 Å². The maximum atomic E-state index is 13.3. The number of carboxylic acid groups (broad SMARTS) is 1. The number of aliphatic carboxylic acids is 1. The number of hydrogen-bond acceptors (Lipinski definition) is 3. The van der Waals surface area contributed by atoms with Gasteiger partial charge in [0.15, 0.2) is 0 Å². The summed E-state index contributed by atoms with van der Waals surface area (Å²) in [7, 11) is 0. The Bertz CT molecular complexity index is 557. The number of amides is 1. The molecule has 106 valence electrons. The molecule has 0 saturated carbocycles. The standard InChI is InChI=1S/C14H15FN2O3/c15-12-3-1-11(10(7-12)2-4-14(19)20)8-17-6-5-16-13(18)9-17/h1-4,7H,5-6,8-9H2,(H,16,18)(H,19,20). The minimum atomic E-state index is -1.09. The summed E-state index contributed by atoms with van der Waals surface area (Å²) in [6.07, 6.45) is 2.34. The minimum Gasteiger partial charge on any atom is -0.478 e. The zero-order valence-corrected chi connectivity index (χ0v) is 10.8. The van der Waals surface area contributed by atoms with Crippen LogP contribution in [0.3, 0.4) is 0 Å². The van der Waals surface area contributed by atoms with E-state index in [1.165, 1.54) is 18.2 Å². The molecule has 1 heterocycles. The third-order valence-corrected chi connectivity index (χ3v) is 3.02. The number of rotatable bonds is 4. The molecule has 1 aliphatic heterocycles. The van der Waals surface area contributed by atoms with Crippen molar-refractivity contribution in [3.05, 3.63) is 41.2 Å². The summed E-state index contributed by atoms with van der Waals surface area (Å²) in [6.45, 7) is 2.07. The van der Waals surface area contributed by atoms with Gasteiger partial charge < -0.3 is 10.4 Å². The van der Waals surface area contributed by atoms with Crippen molar-refractivity contribution < 1.29 is 19.1 Å². The van der Waals surface area contributed by atoms with Gasteiger partial charge in [-0.25, -0.2) is 9.18 Å². The highest BCUT2D eigenvalue weighted by atomic mass is 19.1. The molecule has 1 aromatic carbocycles. The predicted molar refractivity (Wildman–Crippen MR) is 71.4 cm³/mol. The van der Waals surface area contributed by atoms with Crippen molar-refractivity contribution in [2.45, 2.75) is 6.54 Å². The van der Waals surface area contributed by atoms with E-state index in [4.69, 9.17) is 5.11 Å². The second kappa shape index (κ2) is 6.29. The summed E-state index contributed by atoms with van der Waals surface area (Å²) in [5, 5.41) is 11.4. The highest BCUT2D eigenvalue weighted by molar-refractivity contribution is 5.85. The van der Waals surface area contributed by atoms with E-state index in [1.54, 1.807) is 6.07 Å². The number of nitrogens with zero attached hydrogens (tertiary/aromatic N) is 1. The Morgan fingerprint density at radius 3 is 3.00 bits per heavy atom. The summed E-state index contributed by atoms with van der Waals surface area (Å²) >= 11 is 0. The largest absolute Gasteiger partial charge is 0.478 e. The smallest absolute Gasteiger partial charge is 0.328 e. The fourth-order valence-electron chi connectivity index (χ4n) is 2.09. The summed E-state index contributed by atoms with van der Waals surface area (Å²) in [5.74, 6) is -1.55. The molecule has 1 saturated heterocycles. The molecule has 2 rings (SSSR count). The SMILES string of the molecule is O=C(O)C=Cc1cc(F)ccc1CN1CCNC(=O)C1. The van der Waals surface area contributed by atoms with Crippen LogP contribution in [0.5, 0.6) is 0 Å². The second-order valence-electron chi connectivity index (χ2n) is 4.58. The Labute approximate surface area is 115 Å². The molecular weight excluding hydrogens is 263 g/mol. The Kier molecular flexibility index (Phi) is 4.47. The van der Waals surface area contributed by atoms with Crippen LogP contribution in [-0.2, 0) is 16.1 Å². The van der Waals surface area contributed by atoms with Gasteiger partial charge in [0.05, 0.1) is 6.54 Å². The van der Waals surface area contributed by atoms with Gasteiger partial charge in [-0.3, -0.25) is 9.69 Å². The lowest BCUT2D eigenvalue weighted by Gasteiger charge is -2.27. The van der Waals surface area contributed by atoms with Gasteiger partial charge in [0.2, 0.25) is 5.91 Å². The van der Waals surface area contributed by atoms with Crippen molar-refractivity contribution in [2.24, 2.45) is 0 Å². The van der Waals surface area contributed by atoms with Crippen LogP contribution in [0.2, 0.25) is 0 Å². The lowest BCUT2D eigenvalue weighted by molar-refractivity contribution is -0.131. The molecule has 2 N–H and O–H groups in total. The molecule has 5 nitrogen and oxygen atoms in total. The van der Waals surface area contributed by atoms with Crippen LogP contribution < -0.4 is 5.32 Å². The molecule has 6 heteroatoms. The Balaban J connectivity index is 2.17. The Morgan fingerprint density at radius 1 is 1.50 bits per heavy atom. The first-order valence-electron chi connectivity index (χ1n) is 6.23. The highest BCUT2D eigenvalue weighted by Gasteiger charge is 2.17. The number of hydrogen-bond donors (Lipinski definition) is 2. The summed E-state index contributed by atoms with van der Waals surface area (Å²) in [5.41, 5.74) is 1.30. The minimum absolute atomic E-state index is 0.0408. The molecule has 0 aliphatic carbocycles. The fourth-order valence-corrected chi connectivity index (χ4v) is 2.09. The van der Waals surface area contributed by atoms with Crippen LogP contribution in [0.15, 0.2) is 24.3 Å². The third kappa shape index (κ3) is 3.89. The van der Waals surface area contributed by atoms with E-state index in [9.17, 15) is 14.0 Å². The molecule has 0 aromatic heterocycles. The van der Waals surface area contributed by atoms with Crippen molar-refractivity contribution >= 4 is 18.0 Å². The van der Waals surface area contributed by atoms with E-state index in [2.05, 4.69) is 5.32 Å². The first-order chi connectivity index (χ1) is 9.54. The molecule has 0 unspecified atom stereocenters. The molecule has 1 fully saturated rings. The Morgan fingerprint density at radius 2 is 2.30 bits per heavy atom. The van der Waals surface area contributed by atoms with E-state index in [1.807, 2.05) is 4.90 Å². The molecule has 0 spiro atoms. The number of piperazine rings is 1. The summed E-state index contributed by atoms with van der Waals surface area (Å²) in [6, 6.07) is 4.24. The quantitative estimate of drug-likeness (QED) is 0.801. The van der Waals surface area contributed by atoms with Gasteiger partial charge in [0.25, 0.3) is 0 Å². The van der Waals surface area contributed by atoms with Crippen LogP contribution in [0.4, 0.5) is 4.39 Å². The van der Waals surface area contributed by atoms with Crippen LogP contribution in [0.25, 0.3) is 6.08 Å². The van der Waals surface area contributed by atoms with Gasteiger partial charge in [-0.05, 0) is 29.3 Å². The third-order valence-electron chi connectivity index (χ3n) is 3.02. The number of halogens is 1. The summed E-state index contributed by atoms with van der Waals surface area (Å²) < 4.78 is 13.3. The lowest BCUT2D eigenvalue weighted by atomic mass is 10.1. The molecule has 1 aliphatic rings. The van der Waals surface area contributed by atoms with E-state index >= 15 is 0 Å². The molecule has 1 amide bonds. The first-order valence-corrected chi connectivity index (χ1v) is 6.23. The van der Waals surface area contributed by atoms with Gasteiger partial charge >= 0.3 is 5.97 Å². The van der Waals surface area contributed by atoms with Crippen molar-refractivity contribution in [3.63, 3.8) is 0 Å². The average molecular weight is 278 g/mol. The van der Waals surface area contributed by atoms with Crippen molar-refractivity contribution in [2.75, 3.05) is 19.6 Å². The van der Waals surface area contributed by atoms with Crippen LogP contribution in [-0.4, -0.2) is 41.5 Å². The Hall–Kier alpha value is -2.21. The molecule has 0 atom stereocenters. The number of carbonyl (C=O) groups excluding carboxylic acids is 1. The normalized spacial score (nSPS) is 16.4. The number of carboxylic acids is 1. The molecule has 0 radical (unpaired) electrons. The maximum absolute atomic E-state index is 13.3. The average Bonchev–Trinajstić information content (AvgIpc) is 2.39. The zero-order chi connectivity index (χ0) is 14.5. The maximum Gasteiger partial charge on any atom is 0.328 e. The number of carbonyl (C=O) groups is 2. The van der Waals surface area contributed by atoms with E-state index in [-0.39, 0.29) is 5.91 Å². The molecule has 1 aromatic rings. The molecule has 20 heavy (non-hydrogen) atoms. The van der Waals surface area contributed by atoms with E-state index < -0.39 is 11.8 Å². The van der Waals surface area contributed by atoms with E-state index in [0.717, 1.165) is 11.6 Å². The molecule has 0 bridgehead atoms. The monoisotopic (exact) mass is 278 g/mol. The zero-order valence-electron chi connectivity index (χ0n) is 10.8. The topological polar surface area (TPSA) is 69.6 Å². The fraction of sp³-hybridized carbons (Fsp3) is 0.286.